The molecule has 0 atom stereocenters. The van der Waals surface area contributed by atoms with Gasteiger partial charge in [0.15, 0.2) is 0 Å². The van der Waals surface area contributed by atoms with Gasteiger partial charge in [-0.15, -0.1) is 0 Å². The first-order valence-electron chi connectivity index (χ1n) is 2.83. The summed E-state index contributed by atoms with van der Waals surface area (Å²) >= 11 is 0. The van der Waals surface area contributed by atoms with E-state index in [1.807, 2.05) is 0 Å². The highest BCUT2D eigenvalue weighted by Crippen LogP contribution is 2.04. The molecule has 0 heterocycles. The lowest BCUT2D eigenvalue weighted by molar-refractivity contribution is 1.56. The van der Waals surface area contributed by atoms with Gasteiger partial charge in [0.05, 0.1) is 0 Å². The molecule has 0 aromatic carbocycles. The summed E-state index contributed by atoms with van der Waals surface area (Å²) in [6.07, 6.45) is 0. The smallest absolute Gasteiger partial charge is 0.124 e. The Bertz CT molecular complexity index is 67.0. The highest BCUT2D eigenvalue weighted by atomic mass is 29.3. The fraction of sp³-hybridized carbons (Fsp3) is 1.00. The van der Waals surface area contributed by atoms with Crippen LogP contribution >= 0.6 is 0 Å². The molecule has 0 aliphatic carbocycles. The van der Waals surface area contributed by atoms with E-state index in [2.05, 4.69) is 26.2 Å². The highest BCUT2D eigenvalue weighted by molar-refractivity contribution is 7.38. The standard InChI is InChI=1S/C4H16N2Si2/c1-7(2,5)8(3,4)6/h5-6H2,1-4H3. The molecule has 0 rings (SSSR count). The van der Waals surface area contributed by atoms with Gasteiger partial charge < -0.3 is 10.8 Å². The maximum Gasteiger partial charge on any atom is 0.124 e. The number of rotatable bonds is 1. The molecule has 0 saturated heterocycles. The number of hydrogen-bond donors (Lipinski definition) is 2. The predicted molar refractivity (Wildman–Crippen MR) is 43.3 cm³/mol. The van der Waals surface area contributed by atoms with Crippen molar-refractivity contribution in [2.75, 3.05) is 0 Å². The van der Waals surface area contributed by atoms with Gasteiger partial charge in [-0.05, 0) is 0 Å². The molecule has 4 heteroatoms. The van der Waals surface area contributed by atoms with Crippen LogP contribution in [0.4, 0.5) is 0 Å². The molecule has 0 spiro atoms. The zero-order valence-electron chi connectivity index (χ0n) is 6.15. The average Bonchev–Trinajstić information content (AvgIpc) is 1.25. The van der Waals surface area contributed by atoms with E-state index in [1.54, 1.807) is 0 Å². The first-order chi connectivity index (χ1) is 3.25. The molecule has 4 N–H and O–H groups in total. The molecular formula is C4H16N2Si2. The summed E-state index contributed by atoms with van der Waals surface area (Å²) in [5, 5.41) is 11.8. The molecule has 50 valence electrons. The van der Waals surface area contributed by atoms with Gasteiger partial charge in [0.2, 0.25) is 0 Å². The van der Waals surface area contributed by atoms with E-state index in [-0.39, 0.29) is 0 Å². The van der Waals surface area contributed by atoms with Gasteiger partial charge >= 0.3 is 0 Å². The van der Waals surface area contributed by atoms with Crippen molar-refractivity contribution in [3.8, 4) is 0 Å². The summed E-state index contributed by atoms with van der Waals surface area (Å²) in [6, 6.07) is 0. The molecule has 0 saturated carbocycles. The molecule has 0 bridgehead atoms. The van der Waals surface area contributed by atoms with E-state index in [0.29, 0.717) is 0 Å². The summed E-state index contributed by atoms with van der Waals surface area (Å²) in [5.74, 6) is 0. The van der Waals surface area contributed by atoms with Crippen molar-refractivity contribution in [3.63, 3.8) is 0 Å². The zero-order chi connectivity index (χ0) is 7.00. The van der Waals surface area contributed by atoms with Crippen LogP contribution in [-0.4, -0.2) is 15.5 Å². The third kappa shape index (κ3) is 2.08. The minimum atomic E-state index is -1.44. The Kier molecular flexibility index (Phi) is 2.03. The third-order valence-corrected chi connectivity index (χ3v) is 14.9. The van der Waals surface area contributed by atoms with Crippen LogP contribution in [0.25, 0.3) is 0 Å². The van der Waals surface area contributed by atoms with E-state index in [1.165, 1.54) is 0 Å². The van der Waals surface area contributed by atoms with E-state index in [4.69, 9.17) is 10.8 Å². The predicted octanol–water partition coefficient (Wildman–Crippen LogP) is 0.392. The summed E-state index contributed by atoms with van der Waals surface area (Å²) in [5.41, 5.74) is 0. The molecule has 0 aromatic rings. The van der Waals surface area contributed by atoms with Crippen molar-refractivity contribution in [1.82, 2.24) is 0 Å². The van der Waals surface area contributed by atoms with Crippen LogP contribution < -0.4 is 10.8 Å². The molecule has 0 unspecified atom stereocenters. The Morgan fingerprint density at radius 1 is 0.750 bits per heavy atom. The minimum absolute atomic E-state index is 1.44. The first-order valence-corrected chi connectivity index (χ1v) is 9.98. The molecule has 0 amide bonds. The van der Waals surface area contributed by atoms with Crippen molar-refractivity contribution in [2.45, 2.75) is 26.2 Å². The average molecular weight is 148 g/mol. The second kappa shape index (κ2) is 1.95. The van der Waals surface area contributed by atoms with Crippen molar-refractivity contribution in [2.24, 2.45) is 10.8 Å². The Labute approximate surface area is 53.2 Å². The molecule has 2 nitrogen and oxygen atoms in total. The Morgan fingerprint density at radius 2 is 0.875 bits per heavy atom. The molecule has 8 heavy (non-hydrogen) atoms. The van der Waals surface area contributed by atoms with Crippen LogP contribution in [0.2, 0.25) is 26.2 Å². The third-order valence-electron chi connectivity index (χ3n) is 1.66. The summed E-state index contributed by atoms with van der Waals surface area (Å²) in [4.78, 5) is 0. The maximum absolute atomic E-state index is 5.89. The quantitative estimate of drug-likeness (QED) is 0.529. The first kappa shape index (κ1) is 8.35. The van der Waals surface area contributed by atoms with Gasteiger partial charge in [-0.25, -0.2) is 0 Å². The van der Waals surface area contributed by atoms with E-state index in [0.717, 1.165) is 0 Å². The highest BCUT2D eigenvalue weighted by Gasteiger charge is 2.34. The van der Waals surface area contributed by atoms with E-state index in [9.17, 15) is 0 Å². The monoisotopic (exact) mass is 148 g/mol. The molecule has 0 aliphatic rings. The van der Waals surface area contributed by atoms with Gasteiger partial charge in [0, 0.05) is 0 Å². The molecule has 0 fully saturated rings. The maximum atomic E-state index is 5.89. The normalized spacial score (nSPS) is 14.2. The summed E-state index contributed by atoms with van der Waals surface area (Å²) < 4.78 is 0. The van der Waals surface area contributed by atoms with Crippen LogP contribution in [0.15, 0.2) is 0 Å². The Morgan fingerprint density at radius 3 is 0.875 bits per heavy atom. The molecule has 0 aromatic heterocycles. The van der Waals surface area contributed by atoms with E-state index < -0.39 is 15.5 Å². The van der Waals surface area contributed by atoms with Crippen LogP contribution in [0.1, 0.15) is 0 Å². The lowest BCUT2D eigenvalue weighted by Gasteiger charge is -2.29. The number of hydrogen-bond acceptors (Lipinski definition) is 2. The second-order valence-corrected chi connectivity index (χ2v) is 18.1. The summed E-state index contributed by atoms with van der Waals surface area (Å²) in [6.45, 7) is 8.50. The molecular weight excluding hydrogens is 132 g/mol. The van der Waals surface area contributed by atoms with Crippen molar-refractivity contribution in [1.29, 1.82) is 0 Å². The van der Waals surface area contributed by atoms with Crippen LogP contribution in [0.5, 0.6) is 0 Å². The van der Waals surface area contributed by atoms with Gasteiger partial charge in [-0.1, -0.05) is 26.2 Å². The van der Waals surface area contributed by atoms with Gasteiger partial charge in [-0.2, -0.15) is 0 Å². The Hall–Kier alpha value is 0.354. The lowest BCUT2D eigenvalue weighted by atomic mass is 11.9. The van der Waals surface area contributed by atoms with Crippen LogP contribution in [0.3, 0.4) is 0 Å². The van der Waals surface area contributed by atoms with Gasteiger partial charge in [-0.3, -0.25) is 0 Å². The number of nitrogens with two attached hydrogens (primary N) is 2. The van der Waals surface area contributed by atoms with Gasteiger partial charge in [0.1, 0.15) is 15.5 Å². The van der Waals surface area contributed by atoms with E-state index >= 15 is 0 Å². The lowest BCUT2D eigenvalue weighted by Crippen LogP contribution is -2.67. The topological polar surface area (TPSA) is 52.0 Å². The molecule has 0 aliphatic heterocycles. The SMILES string of the molecule is C[Si](C)(N)[Si](C)(C)N. The van der Waals surface area contributed by atoms with Crippen molar-refractivity contribution in [3.05, 3.63) is 0 Å². The largest absolute Gasteiger partial charge is 0.352 e. The van der Waals surface area contributed by atoms with Crippen LogP contribution in [-0.2, 0) is 0 Å². The Balaban J connectivity index is 4.02. The fourth-order valence-corrected chi connectivity index (χ4v) is 0. The van der Waals surface area contributed by atoms with Crippen LogP contribution in [0, 0.1) is 0 Å². The van der Waals surface area contributed by atoms with Gasteiger partial charge in [0.25, 0.3) is 0 Å². The summed E-state index contributed by atoms with van der Waals surface area (Å²) in [7, 11) is -2.88. The minimum Gasteiger partial charge on any atom is -0.352 e. The molecule has 0 radical (unpaired) electrons. The van der Waals surface area contributed by atoms with Crippen molar-refractivity contribution >= 4 is 15.5 Å². The fourth-order valence-electron chi connectivity index (χ4n) is 0. The second-order valence-electron chi connectivity index (χ2n) is 3.44. The van der Waals surface area contributed by atoms with Crippen molar-refractivity contribution < 1.29 is 0 Å². The zero-order valence-corrected chi connectivity index (χ0v) is 8.15.